The van der Waals surface area contributed by atoms with Gasteiger partial charge in [-0.15, -0.1) is 0 Å². The van der Waals surface area contributed by atoms with Crippen molar-refractivity contribution in [3.05, 3.63) is 81.2 Å². The van der Waals surface area contributed by atoms with E-state index in [1.165, 1.54) is 31.5 Å². The summed E-state index contributed by atoms with van der Waals surface area (Å²) in [5.74, 6) is 1.30. The van der Waals surface area contributed by atoms with Gasteiger partial charge < -0.3 is 15.0 Å². The van der Waals surface area contributed by atoms with E-state index < -0.39 is 0 Å². The zero-order chi connectivity index (χ0) is 23.9. The van der Waals surface area contributed by atoms with Gasteiger partial charge in [-0.05, 0) is 95.2 Å². The Balaban J connectivity index is 1.27. The van der Waals surface area contributed by atoms with E-state index in [-0.39, 0.29) is 12.5 Å². The summed E-state index contributed by atoms with van der Waals surface area (Å²) < 4.78 is 7.59. The molecule has 4 nitrogen and oxygen atoms in total. The Morgan fingerprint density at radius 3 is 2.44 bits per heavy atom. The summed E-state index contributed by atoms with van der Waals surface area (Å²) in [5.41, 5.74) is 4.24. The molecule has 1 heterocycles. The molecule has 0 radical (unpaired) electrons. The Morgan fingerprint density at radius 2 is 1.74 bits per heavy atom. The maximum Gasteiger partial charge on any atom is 0.262 e. The highest BCUT2D eigenvalue weighted by atomic mass is 79.9. The van der Waals surface area contributed by atoms with Crippen LogP contribution < -0.4 is 10.1 Å². The number of nitrogens with one attached hydrogen (secondary N) is 1. The lowest BCUT2D eigenvalue weighted by atomic mass is 9.99. The Hall–Kier alpha value is -2.15. The number of ether oxygens (including phenoxy) is 1. The number of carbonyl (C=O) groups is 1. The number of nitrogens with zero attached hydrogens (tertiary/aromatic N) is 1. The van der Waals surface area contributed by atoms with Crippen LogP contribution in [-0.2, 0) is 11.2 Å². The second-order valence-electron chi connectivity index (χ2n) is 8.93. The van der Waals surface area contributed by atoms with E-state index in [0.717, 1.165) is 44.6 Å². The third kappa shape index (κ3) is 6.94. The number of carbonyl (C=O) groups excluding carboxylic acids is 1. The molecule has 0 spiro atoms. The standard InChI is InChI=1S/C28H30Br2N2O2/c1-20-11-14-32(15-12-20)16-13-22-7-9-24(18-25(22)29)31-28(33)19-34-27-10-8-23(17-26(27)30)21-5-3-2-4-6-21/h2-10,17-18,20H,11-16,19H2,1H3,(H,31,33). The number of amides is 1. The molecule has 1 N–H and O–H groups in total. The van der Waals surface area contributed by atoms with Gasteiger partial charge in [0.25, 0.3) is 5.91 Å². The van der Waals surface area contributed by atoms with Gasteiger partial charge in [0.1, 0.15) is 5.75 Å². The Kier molecular flexibility index (Phi) is 8.81. The molecular weight excluding hydrogens is 556 g/mol. The summed E-state index contributed by atoms with van der Waals surface area (Å²) in [4.78, 5) is 15.0. The molecule has 1 amide bonds. The molecule has 1 saturated heterocycles. The third-order valence-electron chi connectivity index (χ3n) is 6.31. The molecule has 1 aliphatic heterocycles. The van der Waals surface area contributed by atoms with Gasteiger partial charge in [0.15, 0.2) is 6.61 Å². The molecule has 0 atom stereocenters. The first-order valence-corrected chi connectivity index (χ1v) is 13.3. The maximum atomic E-state index is 12.5. The minimum absolute atomic E-state index is 0.0595. The van der Waals surface area contributed by atoms with Gasteiger partial charge >= 0.3 is 0 Å². The minimum Gasteiger partial charge on any atom is -0.483 e. The predicted octanol–water partition coefficient (Wildman–Crippen LogP) is 7.17. The highest BCUT2D eigenvalue weighted by molar-refractivity contribution is 9.10. The smallest absolute Gasteiger partial charge is 0.262 e. The van der Waals surface area contributed by atoms with E-state index in [4.69, 9.17) is 4.74 Å². The second kappa shape index (κ2) is 12.0. The number of rotatable bonds is 8. The van der Waals surface area contributed by atoms with Gasteiger partial charge in [-0.25, -0.2) is 0 Å². The number of anilines is 1. The van der Waals surface area contributed by atoms with Crippen molar-refractivity contribution in [1.29, 1.82) is 0 Å². The quantitative estimate of drug-likeness (QED) is 0.305. The van der Waals surface area contributed by atoms with Gasteiger partial charge in [-0.1, -0.05) is 65.3 Å². The van der Waals surface area contributed by atoms with E-state index in [1.54, 1.807) is 0 Å². The van der Waals surface area contributed by atoms with E-state index in [2.05, 4.69) is 67.2 Å². The lowest BCUT2D eigenvalue weighted by Gasteiger charge is -2.30. The predicted molar refractivity (Wildman–Crippen MR) is 146 cm³/mol. The molecule has 3 aromatic rings. The van der Waals surface area contributed by atoms with Crippen LogP contribution in [0.5, 0.6) is 5.75 Å². The molecule has 0 saturated carbocycles. The van der Waals surface area contributed by atoms with Crippen LogP contribution in [0.3, 0.4) is 0 Å². The van der Waals surface area contributed by atoms with E-state index in [1.807, 2.05) is 48.5 Å². The average Bonchev–Trinajstić information content (AvgIpc) is 2.84. The molecule has 1 fully saturated rings. The second-order valence-corrected chi connectivity index (χ2v) is 10.6. The Morgan fingerprint density at radius 1 is 0.971 bits per heavy atom. The SMILES string of the molecule is CC1CCN(CCc2ccc(NC(=O)COc3ccc(-c4ccccc4)cc3Br)cc2Br)CC1. The highest BCUT2D eigenvalue weighted by Crippen LogP contribution is 2.31. The van der Waals surface area contributed by atoms with Gasteiger partial charge in [0.05, 0.1) is 4.47 Å². The molecule has 0 unspecified atom stereocenters. The van der Waals surface area contributed by atoms with Crippen LogP contribution in [0, 0.1) is 5.92 Å². The molecule has 0 bridgehead atoms. The summed E-state index contributed by atoms with van der Waals surface area (Å²) >= 11 is 7.23. The summed E-state index contributed by atoms with van der Waals surface area (Å²) in [6.07, 6.45) is 3.59. The van der Waals surface area contributed by atoms with Crippen molar-refractivity contribution in [2.75, 3.05) is 31.6 Å². The maximum absolute atomic E-state index is 12.5. The van der Waals surface area contributed by atoms with Crippen LogP contribution in [0.15, 0.2) is 75.7 Å². The lowest BCUT2D eigenvalue weighted by molar-refractivity contribution is -0.118. The fourth-order valence-corrected chi connectivity index (χ4v) is 5.23. The number of likely N-dealkylation sites (tertiary alicyclic amines) is 1. The van der Waals surface area contributed by atoms with Crippen LogP contribution in [0.4, 0.5) is 5.69 Å². The average molecular weight is 586 g/mol. The fourth-order valence-electron chi connectivity index (χ4n) is 4.16. The number of benzene rings is 3. The van der Waals surface area contributed by atoms with Gasteiger partial charge in [0, 0.05) is 16.7 Å². The first kappa shape index (κ1) is 25.0. The van der Waals surface area contributed by atoms with E-state index in [9.17, 15) is 4.79 Å². The minimum atomic E-state index is -0.193. The number of hydrogen-bond acceptors (Lipinski definition) is 3. The summed E-state index contributed by atoms with van der Waals surface area (Å²) in [6.45, 7) is 5.74. The molecule has 1 aliphatic rings. The molecule has 0 aliphatic carbocycles. The van der Waals surface area contributed by atoms with Gasteiger partial charge in [-0.3, -0.25) is 4.79 Å². The van der Waals surface area contributed by atoms with Gasteiger partial charge in [0.2, 0.25) is 0 Å². The van der Waals surface area contributed by atoms with Crippen LogP contribution in [0.25, 0.3) is 11.1 Å². The van der Waals surface area contributed by atoms with E-state index >= 15 is 0 Å². The molecule has 3 aromatic carbocycles. The Labute approximate surface area is 219 Å². The molecule has 178 valence electrons. The largest absolute Gasteiger partial charge is 0.483 e. The highest BCUT2D eigenvalue weighted by Gasteiger charge is 2.16. The first-order chi connectivity index (χ1) is 16.5. The van der Waals surface area contributed by atoms with Crippen molar-refractivity contribution in [2.24, 2.45) is 5.92 Å². The van der Waals surface area contributed by atoms with Crippen LogP contribution >= 0.6 is 31.9 Å². The first-order valence-electron chi connectivity index (χ1n) is 11.8. The summed E-state index contributed by atoms with van der Waals surface area (Å²) in [5, 5.41) is 2.93. The lowest BCUT2D eigenvalue weighted by Crippen LogP contribution is -2.34. The third-order valence-corrected chi connectivity index (χ3v) is 7.67. The fraction of sp³-hybridized carbons (Fsp3) is 0.321. The van der Waals surface area contributed by atoms with Crippen molar-refractivity contribution >= 4 is 43.5 Å². The normalized spacial score (nSPS) is 14.7. The monoisotopic (exact) mass is 584 g/mol. The van der Waals surface area contributed by atoms with Crippen molar-refractivity contribution in [3.8, 4) is 16.9 Å². The molecule has 0 aromatic heterocycles. The zero-order valence-electron chi connectivity index (χ0n) is 19.4. The van der Waals surface area contributed by atoms with Crippen molar-refractivity contribution in [1.82, 2.24) is 4.90 Å². The van der Waals surface area contributed by atoms with Crippen molar-refractivity contribution < 1.29 is 9.53 Å². The van der Waals surface area contributed by atoms with Crippen LogP contribution in [-0.4, -0.2) is 37.0 Å². The van der Waals surface area contributed by atoms with Gasteiger partial charge in [-0.2, -0.15) is 0 Å². The van der Waals surface area contributed by atoms with E-state index in [0.29, 0.717) is 5.75 Å². The summed E-state index contributed by atoms with van der Waals surface area (Å²) in [6, 6.07) is 22.0. The number of hydrogen-bond donors (Lipinski definition) is 1. The molecule has 6 heteroatoms. The molecular formula is C28H30Br2N2O2. The number of halogens is 2. The van der Waals surface area contributed by atoms with Crippen LogP contribution in [0.2, 0.25) is 0 Å². The summed E-state index contributed by atoms with van der Waals surface area (Å²) in [7, 11) is 0. The Bertz CT molecular complexity index is 1110. The number of piperidine rings is 1. The molecule has 34 heavy (non-hydrogen) atoms. The zero-order valence-corrected chi connectivity index (χ0v) is 22.6. The van der Waals surface area contributed by atoms with Crippen molar-refractivity contribution in [3.63, 3.8) is 0 Å². The topological polar surface area (TPSA) is 41.6 Å². The van der Waals surface area contributed by atoms with Crippen molar-refractivity contribution in [2.45, 2.75) is 26.2 Å². The molecule has 4 rings (SSSR count). The van der Waals surface area contributed by atoms with Crippen LogP contribution in [0.1, 0.15) is 25.3 Å².